The monoisotopic (exact) mass is 629 g/mol. The van der Waals surface area contributed by atoms with Crippen molar-refractivity contribution in [1.82, 2.24) is 33.5 Å². The van der Waals surface area contributed by atoms with Gasteiger partial charge in [-0.3, -0.25) is 13.5 Å². The lowest BCUT2D eigenvalue weighted by Crippen LogP contribution is -2.01. The van der Waals surface area contributed by atoms with Gasteiger partial charge in [0, 0.05) is 33.5 Å². The van der Waals surface area contributed by atoms with E-state index >= 15 is 0 Å². The van der Waals surface area contributed by atoms with E-state index in [1.165, 1.54) is 0 Å². The van der Waals surface area contributed by atoms with Crippen LogP contribution in [0.5, 0.6) is 0 Å². The molecule has 0 aliphatic rings. The zero-order valence-electron chi connectivity index (χ0n) is 26.2. The Hall–Kier alpha value is -6.86. The molecule has 230 valence electrons. The van der Waals surface area contributed by atoms with E-state index in [0.29, 0.717) is 17.5 Å². The van der Waals surface area contributed by atoms with E-state index in [4.69, 9.17) is 19.9 Å². The summed E-state index contributed by atoms with van der Waals surface area (Å²) >= 11 is 0. The lowest BCUT2D eigenvalue weighted by molar-refractivity contribution is 1.07. The van der Waals surface area contributed by atoms with Crippen molar-refractivity contribution >= 4 is 38.9 Å². The molecular formula is C42H27N7. The molecule has 4 aromatic heterocycles. The first-order valence-corrected chi connectivity index (χ1v) is 16.3. The number of nitrogens with zero attached hydrogens (tertiary/aromatic N) is 7. The molecule has 0 atom stereocenters. The van der Waals surface area contributed by atoms with Crippen LogP contribution in [0.3, 0.4) is 0 Å². The van der Waals surface area contributed by atoms with Crippen LogP contribution in [0.4, 0.5) is 0 Å². The molecule has 0 aliphatic heterocycles. The van der Waals surface area contributed by atoms with Crippen molar-refractivity contribution in [1.29, 1.82) is 0 Å². The molecule has 0 saturated carbocycles. The van der Waals surface area contributed by atoms with E-state index in [1.807, 2.05) is 66.7 Å². The Morgan fingerprint density at radius 2 is 0.918 bits per heavy atom. The Morgan fingerprint density at radius 1 is 0.388 bits per heavy atom. The summed E-state index contributed by atoms with van der Waals surface area (Å²) in [7, 11) is 0. The average molecular weight is 630 g/mol. The number of benzene rings is 6. The predicted octanol–water partition coefficient (Wildman–Crippen LogP) is 9.56. The molecule has 49 heavy (non-hydrogen) atoms. The fraction of sp³-hybridized carbons (Fsp3) is 0. The number of fused-ring (bicyclic) bond motifs is 7. The molecule has 4 heterocycles. The Labute approximate surface area is 281 Å². The van der Waals surface area contributed by atoms with E-state index in [0.717, 1.165) is 66.9 Å². The van der Waals surface area contributed by atoms with Gasteiger partial charge in [0.1, 0.15) is 5.52 Å². The van der Waals surface area contributed by atoms with Gasteiger partial charge in [0.15, 0.2) is 23.1 Å². The van der Waals surface area contributed by atoms with Crippen LogP contribution in [0.25, 0.3) is 84.4 Å². The quantitative estimate of drug-likeness (QED) is 0.190. The maximum Gasteiger partial charge on any atom is 0.221 e. The van der Waals surface area contributed by atoms with Gasteiger partial charge in [0.25, 0.3) is 0 Å². The van der Waals surface area contributed by atoms with Gasteiger partial charge < -0.3 is 0 Å². The first-order valence-electron chi connectivity index (χ1n) is 16.3. The van der Waals surface area contributed by atoms with Gasteiger partial charge >= 0.3 is 0 Å². The lowest BCUT2D eigenvalue weighted by atomic mass is 10.1. The number of para-hydroxylation sites is 4. The summed E-state index contributed by atoms with van der Waals surface area (Å²) in [5, 5.41) is 1.14. The molecule has 0 radical (unpaired) electrons. The molecule has 7 nitrogen and oxygen atoms in total. The highest BCUT2D eigenvalue weighted by Crippen LogP contribution is 2.38. The minimum absolute atomic E-state index is 0.606. The van der Waals surface area contributed by atoms with Gasteiger partial charge in [-0.2, -0.15) is 0 Å². The summed E-state index contributed by atoms with van der Waals surface area (Å²) in [5.41, 5.74) is 10.1. The lowest BCUT2D eigenvalue weighted by Gasteiger charge is -2.10. The standard InChI is InChI=1S/C42H27N7/c1-4-15-28(16-5-1)38-44-39(29-17-6-2-7-18-29)46-40(45-38)30-19-14-22-32(27-30)48-37-33-23-10-12-25-35(33)47(31-20-8-3-9-21-31)41(37)49-36-26-13-11-24-34(36)43-42(48)49/h1-27H. The van der Waals surface area contributed by atoms with Gasteiger partial charge in [0.2, 0.25) is 5.78 Å². The molecule has 0 fully saturated rings. The highest BCUT2D eigenvalue weighted by molar-refractivity contribution is 6.10. The second kappa shape index (κ2) is 10.9. The van der Waals surface area contributed by atoms with Crippen molar-refractivity contribution in [3.8, 4) is 45.5 Å². The first-order chi connectivity index (χ1) is 24.3. The summed E-state index contributed by atoms with van der Waals surface area (Å²) in [5.74, 6) is 2.70. The zero-order valence-corrected chi connectivity index (χ0v) is 26.2. The molecule has 7 heteroatoms. The second-order valence-corrected chi connectivity index (χ2v) is 12.0. The van der Waals surface area contributed by atoms with Crippen LogP contribution in [0, 0.1) is 0 Å². The summed E-state index contributed by atoms with van der Waals surface area (Å²) in [4.78, 5) is 20.2. The molecular weight excluding hydrogens is 603 g/mol. The Bertz CT molecular complexity index is 2760. The van der Waals surface area contributed by atoms with Crippen molar-refractivity contribution in [2.45, 2.75) is 0 Å². The number of rotatable bonds is 5. The molecule has 0 N–H and O–H groups in total. The van der Waals surface area contributed by atoms with Crippen molar-refractivity contribution in [2.75, 3.05) is 0 Å². The molecule has 0 unspecified atom stereocenters. The first kappa shape index (κ1) is 27.3. The number of hydrogen-bond acceptors (Lipinski definition) is 4. The van der Waals surface area contributed by atoms with Crippen molar-refractivity contribution in [3.05, 3.63) is 164 Å². The van der Waals surface area contributed by atoms with Gasteiger partial charge in [-0.25, -0.2) is 19.9 Å². The normalized spacial score (nSPS) is 11.7. The highest BCUT2D eigenvalue weighted by Gasteiger charge is 2.25. The minimum atomic E-state index is 0.606. The van der Waals surface area contributed by atoms with Crippen molar-refractivity contribution in [3.63, 3.8) is 0 Å². The Morgan fingerprint density at radius 3 is 1.61 bits per heavy atom. The molecule has 10 aromatic rings. The molecule has 0 amide bonds. The van der Waals surface area contributed by atoms with E-state index in [1.54, 1.807) is 0 Å². The maximum absolute atomic E-state index is 5.22. The van der Waals surface area contributed by atoms with Crippen LogP contribution in [0.1, 0.15) is 0 Å². The van der Waals surface area contributed by atoms with Crippen molar-refractivity contribution < 1.29 is 0 Å². The van der Waals surface area contributed by atoms with Crippen LogP contribution in [0.15, 0.2) is 164 Å². The van der Waals surface area contributed by atoms with Gasteiger partial charge in [0.05, 0.1) is 16.6 Å². The third-order valence-electron chi connectivity index (χ3n) is 9.08. The minimum Gasteiger partial charge on any atom is -0.294 e. The van der Waals surface area contributed by atoms with Crippen LogP contribution in [-0.2, 0) is 0 Å². The number of aromatic nitrogens is 7. The van der Waals surface area contributed by atoms with Crippen LogP contribution in [0.2, 0.25) is 0 Å². The third-order valence-corrected chi connectivity index (χ3v) is 9.08. The zero-order chi connectivity index (χ0) is 32.3. The van der Waals surface area contributed by atoms with Gasteiger partial charge in [-0.05, 0) is 42.5 Å². The molecule has 0 saturated heterocycles. The summed E-state index contributed by atoms with van der Waals surface area (Å²) in [6.45, 7) is 0. The van der Waals surface area contributed by atoms with Gasteiger partial charge in [-0.1, -0.05) is 121 Å². The summed E-state index contributed by atoms with van der Waals surface area (Å²) < 4.78 is 6.91. The van der Waals surface area contributed by atoms with Crippen molar-refractivity contribution in [2.24, 2.45) is 0 Å². The Kier molecular flexibility index (Phi) is 6.04. The number of imidazole rings is 2. The largest absolute Gasteiger partial charge is 0.294 e. The molecule has 0 bridgehead atoms. The summed E-state index contributed by atoms with van der Waals surface area (Å²) in [6.07, 6.45) is 0. The van der Waals surface area contributed by atoms with Crippen LogP contribution in [-0.4, -0.2) is 33.5 Å². The SMILES string of the molecule is c1ccc(-c2nc(-c3ccccc3)nc(-c3cccc(-n4c5c6ccccc6n(-c6ccccc6)c5n5c6ccccc6nc45)c3)n2)cc1. The highest BCUT2D eigenvalue weighted by atomic mass is 15.3. The van der Waals surface area contributed by atoms with E-state index in [2.05, 4.69) is 111 Å². The average Bonchev–Trinajstić information content (AvgIpc) is 3.82. The number of hydrogen-bond donors (Lipinski definition) is 0. The summed E-state index contributed by atoms with van der Waals surface area (Å²) in [6, 6.07) is 56.0. The maximum atomic E-state index is 5.22. The van der Waals surface area contributed by atoms with Crippen LogP contribution < -0.4 is 0 Å². The van der Waals surface area contributed by atoms with E-state index < -0.39 is 0 Å². The predicted molar refractivity (Wildman–Crippen MR) is 196 cm³/mol. The molecule has 0 spiro atoms. The smallest absolute Gasteiger partial charge is 0.221 e. The van der Waals surface area contributed by atoms with E-state index in [-0.39, 0.29) is 0 Å². The fourth-order valence-corrected chi connectivity index (χ4v) is 6.91. The third kappa shape index (κ3) is 4.29. The molecule has 6 aromatic carbocycles. The Balaban J connectivity index is 1.27. The topological polar surface area (TPSA) is 65.8 Å². The second-order valence-electron chi connectivity index (χ2n) is 12.0. The van der Waals surface area contributed by atoms with Gasteiger partial charge in [-0.15, -0.1) is 0 Å². The van der Waals surface area contributed by atoms with Crippen LogP contribution >= 0.6 is 0 Å². The van der Waals surface area contributed by atoms with E-state index in [9.17, 15) is 0 Å². The molecule has 0 aliphatic carbocycles. The fourth-order valence-electron chi connectivity index (χ4n) is 6.91. The molecule has 10 rings (SSSR count).